The first-order chi connectivity index (χ1) is 13.0. The average molecular weight is 423 g/mol. The van der Waals surface area contributed by atoms with Crippen LogP contribution in [0.2, 0.25) is 10.0 Å². The summed E-state index contributed by atoms with van der Waals surface area (Å²) in [5.74, 6) is 1.26. The number of hydrogen-bond acceptors (Lipinski definition) is 3. The number of likely N-dealkylation sites (tertiary alicyclic amines) is 1. The number of hydrogen-bond donors (Lipinski definition) is 0. The fourth-order valence-electron chi connectivity index (χ4n) is 3.37. The molecule has 1 saturated heterocycles. The Kier molecular flexibility index (Phi) is 7.07. The summed E-state index contributed by atoms with van der Waals surface area (Å²) in [5.41, 5.74) is 1.38. The maximum absolute atomic E-state index is 13.0. The third-order valence-corrected chi connectivity index (χ3v) is 7.16. The van der Waals surface area contributed by atoms with Gasteiger partial charge in [0.15, 0.2) is 0 Å². The van der Waals surface area contributed by atoms with Crippen molar-refractivity contribution in [2.24, 2.45) is 5.92 Å². The molecule has 0 aliphatic carbocycles. The van der Waals surface area contributed by atoms with Crippen molar-refractivity contribution < 1.29 is 4.79 Å². The number of aromatic nitrogens is 1. The van der Waals surface area contributed by atoms with Crippen LogP contribution in [0.3, 0.4) is 0 Å². The molecule has 27 heavy (non-hydrogen) atoms. The van der Waals surface area contributed by atoms with E-state index in [2.05, 4.69) is 18.8 Å². The third-order valence-electron chi connectivity index (χ3n) is 5.14. The Hall–Kier alpha value is -1.23. The molecule has 3 rings (SSSR count). The number of carbonyl (C=O) groups is 1. The quantitative estimate of drug-likeness (QED) is 0.527. The molecular formula is C21H24Cl2N2OS. The van der Waals surface area contributed by atoms with Crippen molar-refractivity contribution in [3.8, 4) is 0 Å². The molecule has 2 unspecified atom stereocenters. The molecule has 2 atom stereocenters. The van der Waals surface area contributed by atoms with Crippen molar-refractivity contribution in [3.63, 3.8) is 0 Å². The SMILES string of the molecule is CCC1CCC(C)N(C(=O)c2cccc(CSc3cccc(Cl)c3Cl)n2)C1. The number of rotatable bonds is 5. The number of halogens is 2. The summed E-state index contributed by atoms with van der Waals surface area (Å²) >= 11 is 13.9. The van der Waals surface area contributed by atoms with Gasteiger partial charge in [-0.2, -0.15) is 0 Å². The van der Waals surface area contributed by atoms with Gasteiger partial charge in [-0.05, 0) is 49.9 Å². The van der Waals surface area contributed by atoms with Gasteiger partial charge in [-0.25, -0.2) is 4.98 Å². The Morgan fingerprint density at radius 3 is 2.78 bits per heavy atom. The number of amides is 1. The summed E-state index contributed by atoms with van der Waals surface area (Å²) in [6.45, 7) is 5.15. The summed E-state index contributed by atoms with van der Waals surface area (Å²) < 4.78 is 0. The van der Waals surface area contributed by atoms with Crippen LogP contribution in [0.4, 0.5) is 0 Å². The molecule has 1 aliphatic heterocycles. The first-order valence-corrected chi connectivity index (χ1v) is 11.1. The fourth-order valence-corrected chi connectivity index (χ4v) is 4.77. The van der Waals surface area contributed by atoms with Crippen LogP contribution in [-0.2, 0) is 5.75 Å². The normalized spacial score (nSPS) is 19.9. The van der Waals surface area contributed by atoms with Gasteiger partial charge in [0, 0.05) is 23.2 Å². The maximum atomic E-state index is 13.0. The zero-order valence-electron chi connectivity index (χ0n) is 15.6. The lowest BCUT2D eigenvalue weighted by Gasteiger charge is -2.37. The third kappa shape index (κ3) is 4.98. The molecule has 1 aromatic heterocycles. The number of piperidine rings is 1. The molecule has 1 amide bonds. The van der Waals surface area contributed by atoms with Crippen LogP contribution in [0, 0.1) is 5.92 Å². The molecule has 1 aromatic carbocycles. The number of benzene rings is 1. The standard InChI is InChI=1S/C21H24Cl2N2OS/c1-3-15-11-10-14(2)25(12-15)21(26)18-8-4-6-16(24-18)13-27-19-9-5-7-17(22)20(19)23/h4-9,14-15H,3,10-13H2,1-2H3. The second-order valence-electron chi connectivity index (χ2n) is 7.01. The van der Waals surface area contributed by atoms with Gasteiger partial charge in [0.1, 0.15) is 5.69 Å². The summed E-state index contributed by atoms with van der Waals surface area (Å²) in [6.07, 6.45) is 3.38. The van der Waals surface area contributed by atoms with Crippen LogP contribution >= 0.6 is 35.0 Å². The van der Waals surface area contributed by atoms with Crippen LogP contribution in [0.25, 0.3) is 0 Å². The number of nitrogens with zero attached hydrogens (tertiary/aromatic N) is 2. The Morgan fingerprint density at radius 1 is 1.22 bits per heavy atom. The molecule has 1 aliphatic rings. The van der Waals surface area contributed by atoms with E-state index in [-0.39, 0.29) is 11.9 Å². The molecule has 0 N–H and O–H groups in total. The molecule has 0 bridgehead atoms. The van der Waals surface area contributed by atoms with E-state index >= 15 is 0 Å². The maximum Gasteiger partial charge on any atom is 0.272 e. The van der Waals surface area contributed by atoms with Crippen molar-refractivity contribution >= 4 is 40.9 Å². The topological polar surface area (TPSA) is 33.2 Å². The Bertz CT molecular complexity index is 815. The van der Waals surface area contributed by atoms with Crippen LogP contribution in [0.5, 0.6) is 0 Å². The monoisotopic (exact) mass is 422 g/mol. The second-order valence-corrected chi connectivity index (χ2v) is 8.82. The van der Waals surface area contributed by atoms with E-state index < -0.39 is 0 Å². The van der Waals surface area contributed by atoms with Crippen molar-refractivity contribution in [1.29, 1.82) is 0 Å². The minimum absolute atomic E-state index is 0.0355. The zero-order valence-corrected chi connectivity index (χ0v) is 17.9. The predicted molar refractivity (Wildman–Crippen MR) is 114 cm³/mol. The largest absolute Gasteiger partial charge is 0.334 e. The van der Waals surface area contributed by atoms with Crippen molar-refractivity contribution in [3.05, 3.63) is 57.8 Å². The molecule has 0 radical (unpaired) electrons. The van der Waals surface area contributed by atoms with E-state index in [9.17, 15) is 4.79 Å². The zero-order chi connectivity index (χ0) is 19.4. The minimum atomic E-state index is 0.0355. The van der Waals surface area contributed by atoms with E-state index in [4.69, 9.17) is 23.2 Å². The van der Waals surface area contributed by atoms with Gasteiger partial charge in [0.05, 0.1) is 15.7 Å². The van der Waals surface area contributed by atoms with Gasteiger partial charge >= 0.3 is 0 Å². The highest BCUT2D eigenvalue weighted by molar-refractivity contribution is 7.98. The highest BCUT2D eigenvalue weighted by atomic mass is 35.5. The number of carbonyl (C=O) groups excluding carboxylic acids is 1. The van der Waals surface area contributed by atoms with Gasteiger partial charge in [-0.15, -0.1) is 11.8 Å². The lowest BCUT2D eigenvalue weighted by Crippen LogP contribution is -2.45. The highest BCUT2D eigenvalue weighted by Crippen LogP contribution is 2.34. The van der Waals surface area contributed by atoms with Gasteiger partial charge in [0.2, 0.25) is 0 Å². The molecule has 2 aromatic rings. The molecule has 144 valence electrons. The van der Waals surface area contributed by atoms with Gasteiger partial charge in [0.25, 0.3) is 5.91 Å². The molecule has 0 saturated carbocycles. The number of thioether (sulfide) groups is 1. The minimum Gasteiger partial charge on any atom is -0.334 e. The predicted octanol–water partition coefficient (Wildman–Crippen LogP) is 6.33. The number of pyridine rings is 1. The smallest absolute Gasteiger partial charge is 0.272 e. The molecule has 6 heteroatoms. The summed E-state index contributed by atoms with van der Waals surface area (Å²) in [7, 11) is 0. The molecule has 1 fully saturated rings. The van der Waals surface area contributed by atoms with E-state index in [0.717, 1.165) is 30.0 Å². The summed E-state index contributed by atoms with van der Waals surface area (Å²) in [6, 6.07) is 11.5. The van der Waals surface area contributed by atoms with Crippen LogP contribution in [0.1, 0.15) is 49.3 Å². The second kappa shape index (κ2) is 9.31. The van der Waals surface area contributed by atoms with Crippen molar-refractivity contribution in [1.82, 2.24) is 9.88 Å². The first kappa shape index (κ1) is 20.5. The lowest BCUT2D eigenvalue weighted by molar-refractivity contribution is 0.0550. The van der Waals surface area contributed by atoms with Crippen molar-refractivity contribution in [2.75, 3.05) is 6.54 Å². The Balaban J connectivity index is 1.71. The van der Waals surface area contributed by atoms with Gasteiger partial charge in [-0.1, -0.05) is 48.7 Å². The Morgan fingerprint density at radius 2 is 2.00 bits per heavy atom. The van der Waals surface area contributed by atoms with Gasteiger partial charge in [-0.3, -0.25) is 4.79 Å². The van der Waals surface area contributed by atoms with Crippen LogP contribution < -0.4 is 0 Å². The summed E-state index contributed by atoms with van der Waals surface area (Å²) in [5, 5.41) is 1.10. The average Bonchev–Trinajstić information content (AvgIpc) is 2.69. The fraction of sp³-hybridized carbons (Fsp3) is 0.429. The van der Waals surface area contributed by atoms with E-state index in [1.807, 2.05) is 35.2 Å². The lowest BCUT2D eigenvalue weighted by atomic mass is 9.91. The first-order valence-electron chi connectivity index (χ1n) is 9.33. The highest BCUT2D eigenvalue weighted by Gasteiger charge is 2.29. The Labute approximate surface area is 175 Å². The van der Waals surface area contributed by atoms with E-state index in [0.29, 0.717) is 27.4 Å². The molecule has 3 nitrogen and oxygen atoms in total. The van der Waals surface area contributed by atoms with Crippen molar-refractivity contribution in [2.45, 2.75) is 49.8 Å². The van der Waals surface area contributed by atoms with Crippen LogP contribution in [-0.4, -0.2) is 28.4 Å². The van der Waals surface area contributed by atoms with E-state index in [1.165, 1.54) is 6.42 Å². The van der Waals surface area contributed by atoms with Gasteiger partial charge < -0.3 is 4.90 Å². The van der Waals surface area contributed by atoms with Crippen LogP contribution in [0.15, 0.2) is 41.3 Å². The summed E-state index contributed by atoms with van der Waals surface area (Å²) in [4.78, 5) is 20.5. The van der Waals surface area contributed by atoms with E-state index in [1.54, 1.807) is 17.8 Å². The molecule has 0 spiro atoms. The molecular weight excluding hydrogens is 399 g/mol. The molecule has 2 heterocycles.